The van der Waals surface area contributed by atoms with Crippen molar-refractivity contribution < 1.29 is 4.74 Å². The lowest BCUT2D eigenvalue weighted by molar-refractivity contribution is 0.240. The standard InChI is InChI=1S/C13H21NO/c1-4-14-10-9-12-7-5-6-8-13(12)15-11(2)3/h5-8,11,14H,4,9-10H2,1-3H3. The van der Waals surface area contributed by atoms with E-state index in [-0.39, 0.29) is 6.10 Å². The molecule has 0 saturated carbocycles. The van der Waals surface area contributed by atoms with Crippen LogP contribution >= 0.6 is 0 Å². The summed E-state index contributed by atoms with van der Waals surface area (Å²) in [6, 6.07) is 8.26. The van der Waals surface area contributed by atoms with Crippen LogP contribution < -0.4 is 10.1 Å². The quantitative estimate of drug-likeness (QED) is 0.724. The van der Waals surface area contributed by atoms with Gasteiger partial charge in [-0.3, -0.25) is 0 Å². The number of benzene rings is 1. The van der Waals surface area contributed by atoms with Crippen LogP contribution in [-0.4, -0.2) is 19.2 Å². The summed E-state index contributed by atoms with van der Waals surface area (Å²) < 4.78 is 5.75. The van der Waals surface area contributed by atoms with Gasteiger partial charge in [-0.1, -0.05) is 25.1 Å². The monoisotopic (exact) mass is 207 g/mol. The van der Waals surface area contributed by atoms with Crippen molar-refractivity contribution in [2.45, 2.75) is 33.3 Å². The fourth-order valence-electron chi connectivity index (χ4n) is 1.48. The van der Waals surface area contributed by atoms with Crippen molar-refractivity contribution in [1.29, 1.82) is 0 Å². The molecule has 15 heavy (non-hydrogen) atoms. The minimum atomic E-state index is 0.241. The van der Waals surface area contributed by atoms with Gasteiger partial charge in [0.15, 0.2) is 0 Å². The van der Waals surface area contributed by atoms with Crippen LogP contribution in [0.3, 0.4) is 0 Å². The maximum atomic E-state index is 5.75. The molecule has 1 aromatic rings. The highest BCUT2D eigenvalue weighted by Gasteiger charge is 2.03. The minimum absolute atomic E-state index is 0.241. The van der Waals surface area contributed by atoms with Crippen molar-refractivity contribution in [3.8, 4) is 5.75 Å². The van der Waals surface area contributed by atoms with E-state index in [0.717, 1.165) is 25.3 Å². The van der Waals surface area contributed by atoms with Gasteiger partial charge in [0.25, 0.3) is 0 Å². The average molecular weight is 207 g/mol. The Bertz CT molecular complexity index is 284. The van der Waals surface area contributed by atoms with Crippen LogP contribution in [0.4, 0.5) is 0 Å². The predicted molar refractivity (Wildman–Crippen MR) is 64.5 cm³/mol. The molecular weight excluding hydrogens is 186 g/mol. The van der Waals surface area contributed by atoms with Gasteiger partial charge in [0.05, 0.1) is 6.10 Å². The summed E-state index contributed by atoms with van der Waals surface area (Å²) in [7, 11) is 0. The van der Waals surface area contributed by atoms with Crippen LogP contribution in [-0.2, 0) is 6.42 Å². The molecule has 1 N–H and O–H groups in total. The van der Waals surface area contributed by atoms with Crippen LogP contribution in [0.15, 0.2) is 24.3 Å². The van der Waals surface area contributed by atoms with Gasteiger partial charge in [-0.25, -0.2) is 0 Å². The van der Waals surface area contributed by atoms with E-state index in [4.69, 9.17) is 4.74 Å². The lowest BCUT2D eigenvalue weighted by atomic mass is 10.1. The molecule has 2 nitrogen and oxygen atoms in total. The summed E-state index contributed by atoms with van der Waals surface area (Å²) >= 11 is 0. The molecule has 2 heteroatoms. The van der Waals surface area contributed by atoms with Gasteiger partial charge in [-0.15, -0.1) is 0 Å². The molecule has 0 radical (unpaired) electrons. The number of para-hydroxylation sites is 1. The van der Waals surface area contributed by atoms with Gasteiger partial charge in [0, 0.05) is 0 Å². The molecule has 1 aromatic carbocycles. The molecular formula is C13H21NO. The number of rotatable bonds is 6. The Morgan fingerprint density at radius 3 is 2.67 bits per heavy atom. The first kappa shape index (κ1) is 12.1. The Morgan fingerprint density at radius 2 is 2.00 bits per heavy atom. The first-order chi connectivity index (χ1) is 7.24. The van der Waals surface area contributed by atoms with Crippen LogP contribution in [0.5, 0.6) is 5.75 Å². The van der Waals surface area contributed by atoms with Crippen molar-refractivity contribution in [3.63, 3.8) is 0 Å². The average Bonchev–Trinajstić information content (AvgIpc) is 2.20. The third kappa shape index (κ3) is 4.34. The highest BCUT2D eigenvalue weighted by atomic mass is 16.5. The Kier molecular flexibility index (Phi) is 5.19. The van der Waals surface area contributed by atoms with Crippen molar-refractivity contribution in [3.05, 3.63) is 29.8 Å². The maximum Gasteiger partial charge on any atom is 0.122 e. The summed E-state index contributed by atoms with van der Waals surface area (Å²) in [5, 5.41) is 3.32. The van der Waals surface area contributed by atoms with E-state index in [1.165, 1.54) is 5.56 Å². The van der Waals surface area contributed by atoms with Crippen LogP contribution in [0.1, 0.15) is 26.3 Å². The Labute approximate surface area is 92.6 Å². The lowest BCUT2D eigenvalue weighted by Crippen LogP contribution is -2.17. The number of hydrogen-bond acceptors (Lipinski definition) is 2. The van der Waals surface area contributed by atoms with Gasteiger partial charge in [0.2, 0.25) is 0 Å². The molecule has 0 aliphatic carbocycles. The highest BCUT2D eigenvalue weighted by Crippen LogP contribution is 2.19. The van der Waals surface area contributed by atoms with Gasteiger partial charge in [0.1, 0.15) is 5.75 Å². The van der Waals surface area contributed by atoms with Crippen molar-refractivity contribution in [2.75, 3.05) is 13.1 Å². The second-order valence-electron chi connectivity index (χ2n) is 3.88. The van der Waals surface area contributed by atoms with E-state index in [1.807, 2.05) is 12.1 Å². The largest absolute Gasteiger partial charge is 0.491 e. The third-order valence-corrected chi connectivity index (χ3v) is 2.16. The zero-order valence-corrected chi connectivity index (χ0v) is 9.92. The smallest absolute Gasteiger partial charge is 0.122 e. The predicted octanol–water partition coefficient (Wildman–Crippen LogP) is 2.63. The molecule has 0 amide bonds. The fraction of sp³-hybridized carbons (Fsp3) is 0.538. The molecule has 0 aliphatic heterocycles. The van der Waals surface area contributed by atoms with Gasteiger partial charge in [-0.05, 0) is 45.0 Å². The van der Waals surface area contributed by atoms with E-state index < -0.39 is 0 Å². The van der Waals surface area contributed by atoms with Crippen LogP contribution in [0, 0.1) is 0 Å². The molecule has 0 saturated heterocycles. The third-order valence-electron chi connectivity index (χ3n) is 2.16. The van der Waals surface area contributed by atoms with E-state index in [1.54, 1.807) is 0 Å². The van der Waals surface area contributed by atoms with E-state index in [0.29, 0.717) is 0 Å². The summed E-state index contributed by atoms with van der Waals surface area (Å²) in [5.74, 6) is 1.02. The van der Waals surface area contributed by atoms with Gasteiger partial charge >= 0.3 is 0 Å². The molecule has 0 spiro atoms. The van der Waals surface area contributed by atoms with Gasteiger partial charge < -0.3 is 10.1 Å². The summed E-state index contributed by atoms with van der Waals surface area (Å²) in [5.41, 5.74) is 1.28. The second-order valence-corrected chi connectivity index (χ2v) is 3.88. The van der Waals surface area contributed by atoms with Crippen molar-refractivity contribution >= 4 is 0 Å². The Morgan fingerprint density at radius 1 is 1.27 bits per heavy atom. The normalized spacial score (nSPS) is 10.7. The molecule has 0 unspecified atom stereocenters. The Balaban J connectivity index is 2.60. The SMILES string of the molecule is CCNCCc1ccccc1OC(C)C. The number of likely N-dealkylation sites (N-methyl/N-ethyl adjacent to an activating group) is 1. The zero-order chi connectivity index (χ0) is 11.1. The molecule has 0 fully saturated rings. The molecule has 0 bridgehead atoms. The van der Waals surface area contributed by atoms with Crippen molar-refractivity contribution in [2.24, 2.45) is 0 Å². The molecule has 0 aliphatic rings. The first-order valence-corrected chi connectivity index (χ1v) is 5.69. The molecule has 0 heterocycles. The first-order valence-electron chi connectivity index (χ1n) is 5.69. The number of ether oxygens (including phenoxy) is 1. The summed E-state index contributed by atoms with van der Waals surface area (Å²) in [4.78, 5) is 0. The van der Waals surface area contributed by atoms with E-state index >= 15 is 0 Å². The van der Waals surface area contributed by atoms with Crippen LogP contribution in [0.25, 0.3) is 0 Å². The fourth-order valence-corrected chi connectivity index (χ4v) is 1.48. The zero-order valence-electron chi connectivity index (χ0n) is 9.92. The molecule has 1 rings (SSSR count). The molecule has 0 aromatic heterocycles. The van der Waals surface area contributed by atoms with E-state index in [2.05, 4.69) is 38.2 Å². The molecule has 0 atom stereocenters. The summed E-state index contributed by atoms with van der Waals surface area (Å²) in [6.45, 7) is 8.26. The molecule has 84 valence electrons. The lowest BCUT2D eigenvalue weighted by Gasteiger charge is -2.14. The number of hydrogen-bond donors (Lipinski definition) is 1. The second kappa shape index (κ2) is 6.46. The number of nitrogens with one attached hydrogen (secondary N) is 1. The van der Waals surface area contributed by atoms with Crippen molar-refractivity contribution in [1.82, 2.24) is 5.32 Å². The Hall–Kier alpha value is -1.02. The topological polar surface area (TPSA) is 21.3 Å². The van der Waals surface area contributed by atoms with E-state index in [9.17, 15) is 0 Å². The maximum absolute atomic E-state index is 5.75. The summed E-state index contributed by atoms with van der Waals surface area (Å²) in [6.07, 6.45) is 1.27. The van der Waals surface area contributed by atoms with Gasteiger partial charge in [-0.2, -0.15) is 0 Å². The minimum Gasteiger partial charge on any atom is -0.491 e. The van der Waals surface area contributed by atoms with Crippen LogP contribution in [0.2, 0.25) is 0 Å². The highest BCUT2D eigenvalue weighted by molar-refractivity contribution is 5.33.